The van der Waals surface area contributed by atoms with Crippen LogP contribution in [0.25, 0.3) is 28.2 Å². The maximum Gasteiger partial charge on any atom is 0.246 e. The highest BCUT2D eigenvalue weighted by Gasteiger charge is 2.24. The summed E-state index contributed by atoms with van der Waals surface area (Å²) in [5.74, 6) is 4.23. The van der Waals surface area contributed by atoms with E-state index in [2.05, 4.69) is 42.7 Å². The fraction of sp³-hybridized carbons (Fsp3) is 0.233. The van der Waals surface area contributed by atoms with E-state index < -0.39 is 5.41 Å². The number of anilines is 2. The first-order valence-corrected chi connectivity index (χ1v) is 12.1. The van der Waals surface area contributed by atoms with Gasteiger partial charge in [0.1, 0.15) is 17.5 Å². The number of nitrogens with one attached hydrogen (secondary N) is 2. The predicted molar refractivity (Wildman–Crippen MR) is 148 cm³/mol. The van der Waals surface area contributed by atoms with Crippen LogP contribution >= 0.6 is 0 Å². The van der Waals surface area contributed by atoms with E-state index in [-0.39, 0.29) is 5.82 Å². The van der Waals surface area contributed by atoms with Crippen molar-refractivity contribution in [1.29, 1.82) is 0 Å². The molecule has 3 aliphatic heterocycles. The molecule has 0 aliphatic carbocycles. The third-order valence-electron chi connectivity index (χ3n) is 6.87. The highest BCUT2D eigenvalue weighted by atomic mass is 19.1. The summed E-state index contributed by atoms with van der Waals surface area (Å²) in [6.07, 6.45) is 7.51. The van der Waals surface area contributed by atoms with Crippen LogP contribution in [0.5, 0.6) is 0 Å². The summed E-state index contributed by atoms with van der Waals surface area (Å²) >= 11 is 0. The van der Waals surface area contributed by atoms with Gasteiger partial charge in [-0.2, -0.15) is 4.98 Å². The van der Waals surface area contributed by atoms with E-state index in [0.29, 0.717) is 17.0 Å². The Morgan fingerprint density at radius 3 is 2.81 bits per heavy atom. The van der Waals surface area contributed by atoms with E-state index in [4.69, 9.17) is 6.42 Å². The van der Waals surface area contributed by atoms with E-state index in [1.165, 1.54) is 0 Å². The van der Waals surface area contributed by atoms with Gasteiger partial charge in [-0.25, -0.2) is 9.37 Å². The molecule has 0 amide bonds. The number of benzene rings is 2. The van der Waals surface area contributed by atoms with Crippen molar-refractivity contribution in [3.63, 3.8) is 0 Å². The number of hydrogen-bond donors (Lipinski definition) is 2. The molecule has 0 saturated carbocycles. The fourth-order valence-electron chi connectivity index (χ4n) is 4.65. The molecular weight excluding hydrogens is 463 g/mol. The maximum atomic E-state index is 15.2. The molecule has 7 heteroatoms. The van der Waals surface area contributed by atoms with Crippen LogP contribution in [0.3, 0.4) is 0 Å². The number of aromatic nitrogens is 3. The average molecular weight is 493 g/mol. The Hall–Kier alpha value is -4.44. The minimum Gasteiger partial charge on any atom is -0.369 e. The Balaban J connectivity index is 1.57. The smallest absolute Gasteiger partial charge is 0.246 e. The summed E-state index contributed by atoms with van der Waals surface area (Å²) in [7, 11) is 1.68. The van der Waals surface area contributed by atoms with Crippen molar-refractivity contribution in [2.45, 2.75) is 32.7 Å². The van der Waals surface area contributed by atoms with Crippen LogP contribution in [0.15, 0.2) is 60.2 Å². The zero-order valence-corrected chi connectivity index (χ0v) is 21.5. The lowest BCUT2D eigenvalue weighted by Gasteiger charge is -2.21. The number of nitrogens with zero attached hydrogens (tertiary/aromatic N) is 4. The molecule has 6 nitrogen and oxygen atoms in total. The summed E-state index contributed by atoms with van der Waals surface area (Å²) in [6, 6.07) is 13.3. The van der Waals surface area contributed by atoms with E-state index in [1.807, 2.05) is 57.2 Å². The molecule has 2 aromatic rings. The molecule has 0 saturated heterocycles. The SMILES string of the molecule is C#CC(C)(C)c1cccc(C(=C)Nc2cc(-c3cc4cnc(=NC)nc-4n4c3NCC4)c(C)cc2F)c1. The number of fused-ring (bicyclic) bond motifs is 3. The van der Waals surface area contributed by atoms with Crippen molar-refractivity contribution in [2.24, 2.45) is 4.99 Å². The number of pyridine rings is 1. The van der Waals surface area contributed by atoms with Crippen LogP contribution in [0.1, 0.15) is 30.5 Å². The minimum atomic E-state index is -0.421. The second-order valence-electron chi connectivity index (χ2n) is 9.76. The number of rotatable bonds is 5. The topological polar surface area (TPSA) is 67.1 Å². The minimum absolute atomic E-state index is 0.348. The number of hydrogen-bond acceptors (Lipinski definition) is 5. The fourth-order valence-corrected chi connectivity index (χ4v) is 4.65. The zero-order valence-electron chi connectivity index (χ0n) is 21.5. The van der Waals surface area contributed by atoms with E-state index in [9.17, 15) is 0 Å². The molecule has 186 valence electrons. The quantitative estimate of drug-likeness (QED) is 0.364. The molecule has 0 aromatic heterocycles. The molecule has 0 unspecified atom stereocenters. The van der Waals surface area contributed by atoms with Gasteiger partial charge in [-0.3, -0.25) is 4.99 Å². The summed E-state index contributed by atoms with van der Waals surface area (Å²) in [6.45, 7) is 11.6. The van der Waals surface area contributed by atoms with E-state index >= 15 is 4.39 Å². The molecule has 0 bridgehead atoms. The van der Waals surface area contributed by atoms with Gasteiger partial charge in [0.15, 0.2) is 0 Å². The van der Waals surface area contributed by atoms with Gasteiger partial charge in [0.2, 0.25) is 5.62 Å². The third kappa shape index (κ3) is 4.36. The zero-order chi connectivity index (χ0) is 26.3. The van der Waals surface area contributed by atoms with Gasteiger partial charge >= 0.3 is 0 Å². The van der Waals surface area contributed by atoms with Gasteiger partial charge in [0.05, 0.1) is 11.1 Å². The molecule has 3 aliphatic rings. The molecule has 5 rings (SSSR count). The van der Waals surface area contributed by atoms with Crippen LogP contribution < -0.4 is 16.3 Å². The van der Waals surface area contributed by atoms with Gasteiger partial charge in [-0.05, 0) is 67.3 Å². The molecule has 2 N–H and O–H groups in total. The first kappa shape index (κ1) is 24.3. The van der Waals surface area contributed by atoms with E-state index in [1.54, 1.807) is 19.3 Å². The van der Waals surface area contributed by atoms with Crippen LogP contribution in [0.4, 0.5) is 15.9 Å². The second-order valence-corrected chi connectivity index (χ2v) is 9.76. The summed E-state index contributed by atoms with van der Waals surface area (Å²) in [5.41, 5.74) is 6.38. The Kier molecular flexibility index (Phi) is 6.04. The molecule has 0 spiro atoms. The Morgan fingerprint density at radius 2 is 2.05 bits per heavy atom. The van der Waals surface area contributed by atoms with Gasteiger partial charge < -0.3 is 15.2 Å². The normalized spacial score (nSPS) is 13.2. The maximum absolute atomic E-state index is 15.2. The largest absolute Gasteiger partial charge is 0.369 e. The molecule has 2 aromatic carbocycles. The van der Waals surface area contributed by atoms with Gasteiger partial charge in [0, 0.05) is 43.2 Å². The average Bonchev–Trinajstić information content (AvgIpc) is 3.40. The molecule has 37 heavy (non-hydrogen) atoms. The van der Waals surface area contributed by atoms with E-state index in [0.717, 1.165) is 58.1 Å². The first-order valence-electron chi connectivity index (χ1n) is 12.1. The molecule has 0 fully saturated rings. The lowest BCUT2D eigenvalue weighted by Crippen LogP contribution is -2.17. The van der Waals surface area contributed by atoms with Crippen molar-refractivity contribution >= 4 is 17.2 Å². The van der Waals surface area contributed by atoms with Crippen molar-refractivity contribution in [3.8, 4) is 34.9 Å². The van der Waals surface area contributed by atoms with Crippen LogP contribution in [-0.4, -0.2) is 28.1 Å². The number of halogens is 1. The van der Waals surface area contributed by atoms with Gasteiger partial charge in [-0.1, -0.05) is 30.7 Å². The van der Waals surface area contributed by atoms with Crippen LogP contribution in [-0.2, 0) is 12.0 Å². The molecular formula is C30H29FN6. The van der Waals surface area contributed by atoms with Crippen molar-refractivity contribution < 1.29 is 4.39 Å². The van der Waals surface area contributed by atoms with Crippen LogP contribution in [0, 0.1) is 25.1 Å². The Morgan fingerprint density at radius 1 is 1.24 bits per heavy atom. The molecule has 0 atom stereocenters. The summed E-state index contributed by atoms with van der Waals surface area (Å²) in [5, 5.41) is 6.67. The second kappa shape index (κ2) is 9.21. The summed E-state index contributed by atoms with van der Waals surface area (Å²) in [4.78, 5) is 13.1. The summed E-state index contributed by atoms with van der Waals surface area (Å²) < 4.78 is 17.3. The lowest BCUT2D eigenvalue weighted by atomic mass is 9.85. The first-order chi connectivity index (χ1) is 17.7. The van der Waals surface area contributed by atoms with Gasteiger partial charge in [-0.15, -0.1) is 6.42 Å². The van der Waals surface area contributed by atoms with Gasteiger partial charge in [0.25, 0.3) is 0 Å². The number of aryl methyl sites for hydroxylation is 1. The highest BCUT2D eigenvalue weighted by molar-refractivity contribution is 5.86. The molecule has 3 heterocycles. The van der Waals surface area contributed by atoms with Crippen molar-refractivity contribution in [1.82, 2.24) is 14.5 Å². The predicted octanol–water partition coefficient (Wildman–Crippen LogP) is 5.45. The Bertz CT molecular complexity index is 1620. The standard InChI is InChI=1S/C30H29FN6/c1-7-30(4,5)22-10-8-9-20(14-22)19(3)35-26-16-23(18(2)13-25(26)31)24-15-21-17-34-29(32-6)36-27(21)37-12-11-33-28(24)37/h1,8-10,13-17,33,35H,3,11-12H2,2,4-6H3. The van der Waals surface area contributed by atoms with Crippen LogP contribution in [0.2, 0.25) is 0 Å². The highest BCUT2D eigenvalue weighted by Crippen LogP contribution is 2.40. The third-order valence-corrected chi connectivity index (χ3v) is 6.87. The van der Waals surface area contributed by atoms with Crippen molar-refractivity contribution in [2.75, 3.05) is 24.2 Å². The monoisotopic (exact) mass is 492 g/mol. The number of terminal acetylenes is 1. The lowest BCUT2D eigenvalue weighted by molar-refractivity contribution is 0.631. The Labute approximate surface area is 216 Å². The molecule has 0 radical (unpaired) electrons. The van der Waals surface area contributed by atoms with Crippen molar-refractivity contribution in [3.05, 3.63) is 83.4 Å².